The fraction of sp³-hybridized carbons (Fsp3) is 0.316. The number of aromatic nitrogens is 1. The van der Waals surface area contributed by atoms with E-state index < -0.39 is 11.9 Å². The molecule has 5 nitrogen and oxygen atoms in total. The molecular formula is C19H20N2O3. The molecule has 1 aliphatic rings. The first kappa shape index (κ1) is 16.2. The summed E-state index contributed by atoms with van der Waals surface area (Å²) in [5.41, 5.74) is 3.05. The number of hydrogen-bond acceptors (Lipinski definition) is 3. The monoisotopic (exact) mass is 324 g/mol. The smallest absolute Gasteiger partial charge is 0.315 e. The van der Waals surface area contributed by atoms with Gasteiger partial charge in [-0.3, -0.25) is 14.6 Å². The van der Waals surface area contributed by atoms with Gasteiger partial charge in [-0.25, -0.2) is 0 Å². The van der Waals surface area contributed by atoms with Crippen molar-refractivity contribution in [2.45, 2.75) is 32.4 Å². The maximum Gasteiger partial charge on any atom is 0.315 e. The highest BCUT2D eigenvalue weighted by molar-refractivity contribution is 5.96. The van der Waals surface area contributed by atoms with Crippen LogP contribution in [-0.2, 0) is 16.1 Å². The number of carbonyl (C=O) groups is 2. The maximum absolute atomic E-state index is 12.5. The minimum atomic E-state index is -1.07. The van der Waals surface area contributed by atoms with Crippen molar-refractivity contribution in [3.8, 4) is 11.1 Å². The van der Waals surface area contributed by atoms with Gasteiger partial charge in [-0.05, 0) is 48.6 Å². The van der Waals surface area contributed by atoms with Crippen LogP contribution in [0.4, 0.5) is 0 Å². The fourth-order valence-corrected chi connectivity index (χ4v) is 2.71. The van der Waals surface area contributed by atoms with Crippen LogP contribution in [0.25, 0.3) is 11.1 Å². The molecule has 1 fully saturated rings. The lowest BCUT2D eigenvalue weighted by Gasteiger charge is -2.24. The second-order valence-corrected chi connectivity index (χ2v) is 6.20. The van der Waals surface area contributed by atoms with Crippen LogP contribution in [0.3, 0.4) is 0 Å². The lowest BCUT2D eigenvalue weighted by molar-refractivity contribution is -0.150. The molecule has 0 aliphatic heterocycles. The quantitative estimate of drug-likeness (QED) is 0.829. The Balaban J connectivity index is 1.81. The Hall–Kier alpha value is -2.69. The average Bonchev–Trinajstić information content (AvgIpc) is 3.44. The normalized spacial score (nSPS) is 14.9. The minimum Gasteiger partial charge on any atom is -0.481 e. The number of carboxylic acids is 1. The number of pyridine rings is 1. The summed E-state index contributed by atoms with van der Waals surface area (Å²) in [5.74, 6) is -2.39. The zero-order valence-corrected chi connectivity index (χ0v) is 13.6. The van der Waals surface area contributed by atoms with Crippen molar-refractivity contribution in [3.63, 3.8) is 0 Å². The van der Waals surface area contributed by atoms with Crippen LogP contribution in [0.2, 0.25) is 0 Å². The van der Waals surface area contributed by atoms with Gasteiger partial charge in [0.25, 0.3) is 0 Å². The molecule has 0 radical (unpaired) electrons. The summed E-state index contributed by atoms with van der Waals surface area (Å²) in [5, 5.41) is 9.11. The SMILES string of the molecule is CC(C(=O)O)C(=O)N(Cc1cccc(-c2cccnc2)c1)C1CC1. The van der Waals surface area contributed by atoms with Crippen molar-refractivity contribution in [2.75, 3.05) is 0 Å². The molecule has 2 aromatic rings. The first-order chi connectivity index (χ1) is 11.6. The van der Waals surface area contributed by atoms with Crippen LogP contribution in [0.15, 0.2) is 48.8 Å². The number of aliphatic carboxylic acids is 1. The Labute approximate surface area is 140 Å². The molecule has 0 bridgehead atoms. The van der Waals surface area contributed by atoms with Gasteiger partial charge in [-0.2, -0.15) is 0 Å². The summed E-state index contributed by atoms with van der Waals surface area (Å²) < 4.78 is 0. The molecule has 1 aromatic heterocycles. The van der Waals surface area contributed by atoms with E-state index in [0.717, 1.165) is 29.5 Å². The lowest BCUT2D eigenvalue weighted by atomic mass is 10.0. The third-order valence-electron chi connectivity index (χ3n) is 4.29. The Bertz CT molecular complexity index is 741. The van der Waals surface area contributed by atoms with Crippen molar-refractivity contribution in [2.24, 2.45) is 5.92 Å². The molecule has 1 unspecified atom stereocenters. The highest BCUT2D eigenvalue weighted by Crippen LogP contribution is 2.30. The molecule has 124 valence electrons. The van der Waals surface area contributed by atoms with Crippen molar-refractivity contribution in [1.82, 2.24) is 9.88 Å². The van der Waals surface area contributed by atoms with Gasteiger partial charge in [0.15, 0.2) is 0 Å². The van der Waals surface area contributed by atoms with Crippen LogP contribution >= 0.6 is 0 Å². The van der Waals surface area contributed by atoms with Gasteiger partial charge in [0.05, 0.1) is 0 Å². The predicted molar refractivity (Wildman–Crippen MR) is 90.0 cm³/mol. The van der Waals surface area contributed by atoms with E-state index in [9.17, 15) is 9.59 Å². The molecular weight excluding hydrogens is 304 g/mol. The van der Waals surface area contributed by atoms with Crippen LogP contribution in [0, 0.1) is 5.92 Å². The summed E-state index contributed by atoms with van der Waals surface area (Å²) in [6.45, 7) is 1.89. The molecule has 1 heterocycles. The third-order valence-corrected chi connectivity index (χ3v) is 4.29. The number of amides is 1. The Morgan fingerprint density at radius 3 is 2.62 bits per heavy atom. The van der Waals surface area contributed by atoms with Crippen molar-refractivity contribution in [3.05, 3.63) is 54.4 Å². The van der Waals surface area contributed by atoms with E-state index in [0.29, 0.717) is 6.54 Å². The van der Waals surface area contributed by atoms with E-state index >= 15 is 0 Å². The van der Waals surface area contributed by atoms with Gasteiger partial charge in [0, 0.05) is 25.0 Å². The first-order valence-electron chi connectivity index (χ1n) is 8.09. The molecule has 1 saturated carbocycles. The van der Waals surface area contributed by atoms with Crippen molar-refractivity contribution >= 4 is 11.9 Å². The minimum absolute atomic E-state index is 0.168. The summed E-state index contributed by atoms with van der Waals surface area (Å²) in [6.07, 6.45) is 5.42. The first-order valence-corrected chi connectivity index (χ1v) is 8.09. The van der Waals surface area contributed by atoms with Gasteiger partial charge in [-0.15, -0.1) is 0 Å². The highest BCUT2D eigenvalue weighted by atomic mass is 16.4. The summed E-state index contributed by atoms with van der Waals surface area (Å²) in [7, 11) is 0. The number of hydrogen-bond donors (Lipinski definition) is 1. The zero-order valence-electron chi connectivity index (χ0n) is 13.6. The lowest BCUT2D eigenvalue weighted by Crippen LogP contribution is -2.39. The van der Waals surface area contributed by atoms with Crippen LogP contribution < -0.4 is 0 Å². The largest absolute Gasteiger partial charge is 0.481 e. The van der Waals surface area contributed by atoms with Crippen LogP contribution in [0.1, 0.15) is 25.3 Å². The predicted octanol–water partition coefficient (Wildman–Crippen LogP) is 2.96. The van der Waals surface area contributed by atoms with Crippen LogP contribution in [-0.4, -0.2) is 32.9 Å². The molecule has 24 heavy (non-hydrogen) atoms. The molecule has 0 saturated heterocycles. The van der Waals surface area contributed by atoms with E-state index in [1.807, 2.05) is 36.4 Å². The van der Waals surface area contributed by atoms with Crippen molar-refractivity contribution in [1.29, 1.82) is 0 Å². The Kier molecular flexibility index (Phi) is 4.60. The van der Waals surface area contributed by atoms with E-state index in [2.05, 4.69) is 4.98 Å². The second kappa shape index (κ2) is 6.83. The molecule has 3 rings (SSSR count). The third kappa shape index (κ3) is 3.62. The standard InChI is InChI=1S/C19H20N2O3/c1-13(19(23)24)18(22)21(17-7-8-17)12-14-4-2-5-15(10-14)16-6-3-9-20-11-16/h2-6,9-11,13,17H,7-8,12H2,1H3,(H,23,24). The summed E-state index contributed by atoms with van der Waals surface area (Å²) >= 11 is 0. The highest BCUT2D eigenvalue weighted by Gasteiger charge is 2.36. The van der Waals surface area contributed by atoms with Crippen molar-refractivity contribution < 1.29 is 14.7 Å². The molecule has 1 aromatic carbocycles. The zero-order chi connectivity index (χ0) is 17.1. The second-order valence-electron chi connectivity index (χ2n) is 6.20. The van der Waals surface area contributed by atoms with Gasteiger partial charge in [0.1, 0.15) is 5.92 Å². The Morgan fingerprint density at radius 1 is 1.25 bits per heavy atom. The van der Waals surface area contributed by atoms with E-state index in [4.69, 9.17) is 5.11 Å². The fourth-order valence-electron chi connectivity index (χ4n) is 2.71. The topological polar surface area (TPSA) is 70.5 Å². The molecule has 1 amide bonds. The van der Waals surface area contributed by atoms with Gasteiger partial charge in [-0.1, -0.05) is 24.3 Å². The van der Waals surface area contributed by atoms with Crippen LogP contribution in [0.5, 0.6) is 0 Å². The van der Waals surface area contributed by atoms with E-state index in [1.54, 1.807) is 17.3 Å². The summed E-state index contributed by atoms with van der Waals surface area (Å²) in [4.78, 5) is 29.4. The molecule has 0 spiro atoms. The number of nitrogens with zero attached hydrogens (tertiary/aromatic N) is 2. The average molecular weight is 324 g/mol. The Morgan fingerprint density at radius 2 is 2.00 bits per heavy atom. The molecule has 5 heteroatoms. The number of carbonyl (C=O) groups excluding carboxylic acids is 1. The number of benzene rings is 1. The number of rotatable bonds is 6. The molecule has 1 aliphatic carbocycles. The van der Waals surface area contributed by atoms with Gasteiger partial charge in [0.2, 0.25) is 5.91 Å². The van der Waals surface area contributed by atoms with E-state index in [-0.39, 0.29) is 11.9 Å². The molecule has 1 N–H and O–H groups in total. The summed E-state index contributed by atoms with van der Waals surface area (Å²) in [6, 6.07) is 12.0. The van der Waals surface area contributed by atoms with Gasteiger partial charge < -0.3 is 10.0 Å². The number of carboxylic acid groups (broad SMARTS) is 1. The maximum atomic E-state index is 12.5. The molecule has 1 atom stereocenters. The van der Waals surface area contributed by atoms with E-state index in [1.165, 1.54) is 6.92 Å². The van der Waals surface area contributed by atoms with Gasteiger partial charge >= 0.3 is 5.97 Å².